The van der Waals surface area contributed by atoms with Crippen molar-refractivity contribution in [1.29, 1.82) is 0 Å². The van der Waals surface area contributed by atoms with E-state index in [1.165, 1.54) is 5.69 Å². The average Bonchev–Trinajstić information content (AvgIpc) is 2.25. The molecule has 0 aromatic heterocycles. The molecule has 0 radical (unpaired) electrons. The van der Waals surface area contributed by atoms with E-state index in [9.17, 15) is 0 Å². The Morgan fingerprint density at radius 3 is 2.40 bits per heavy atom. The summed E-state index contributed by atoms with van der Waals surface area (Å²) in [5, 5.41) is 0. The van der Waals surface area contributed by atoms with Crippen LogP contribution in [0.2, 0.25) is 0 Å². The topological polar surface area (TPSA) is 55.3 Å². The fourth-order valence-electron chi connectivity index (χ4n) is 1.75. The Morgan fingerprint density at radius 2 is 1.87 bits per heavy atom. The van der Waals surface area contributed by atoms with Gasteiger partial charge in [-0.3, -0.25) is 0 Å². The van der Waals surface area contributed by atoms with Crippen LogP contribution in [0.3, 0.4) is 0 Å². The second-order valence-electron chi connectivity index (χ2n) is 3.59. The maximum absolute atomic E-state index is 5.88. The van der Waals surface area contributed by atoms with Gasteiger partial charge in [-0.1, -0.05) is 0 Å². The minimum atomic E-state index is 0.645. The van der Waals surface area contributed by atoms with E-state index in [0.29, 0.717) is 6.54 Å². The summed E-state index contributed by atoms with van der Waals surface area (Å²) in [5.74, 6) is 0. The minimum absolute atomic E-state index is 0.645. The lowest BCUT2D eigenvalue weighted by Crippen LogP contribution is -2.22. The van der Waals surface area contributed by atoms with Crippen molar-refractivity contribution in [2.75, 3.05) is 30.3 Å². The molecule has 3 nitrogen and oxygen atoms in total. The zero-order valence-electron chi connectivity index (χ0n) is 9.66. The number of hydrogen-bond donors (Lipinski definition) is 2. The van der Waals surface area contributed by atoms with Crippen LogP contribution < -0.4 is 16.4 Å². The summed E-state index contributed by atoms with van der Waals surface area (Å²) in [4.78, 5) is 2.31. The van der Waals surface area contributed by atoms with Gasteiger partial charge in [-0.05, 0) is 50.6 Å². The van der Waals surface area contributed by atoms with Crippen molar-refractivity contribution < 1.29 is 0 Å². The second-order valence-corrected chi connectivity index (χ2v) is 3.59. The van der Waals surface area contributed by atoms with Gasteiger partial charge < -0.3 is 16.4 Å². The third-order valence-electron chi connectivity index (χ3n) is 2.67. The number of nitrogen functional groups attached to an aromatic ring is 1. The number of rotatable bonds is 5. The first-order valence-corrected chi connectivity index (χ1v) is 5.56. The summed E-state index contributed by atoms with van der Waals surface area (Å²) >= 11 is 0. The molecule has 15 heavy (non-hydrogen) atoms. The lowest BCUT2D eigenvalue weighted by molar-refractivity contribution is 0.863. The Kier molecular flexibility index (Phi) is 4.43. The third-order valence-corrected chi connectivity index (χ3v) is 2.67. The van der Waals surface area contributed by atoms with Gasteiger partial charge in [0.2, 0.25) is 0 Å². The molecule has 0 heterocycles. The summed E-state index contributed by atoms with van der Waals surface area (Å²) in [5.41, 5.74) is 14.7. The molecule has 84 valence electrons. The molecular weight excluding hydrogens is 186 g/mol. The summed E-state index contributed by atoms with van der Waals surface area (Å²) in [7, 11) is 0. The lowest BCUT2D eigenvalue weighted by atomic mass is 10.1. The van der Waals surface area contributed by atoms with Gasteiger partial charge in [0.1, 0.15) is 0 Å². The van der Waals surface area contributed by atoms with Gasteiger partial charge in [-0.2, -0.15) is 0 Å². The van der Waals surface area contributed by atoms with Crippen LogP contribution in [-0.2, 0) is 6.42 Å². The molecule has 0 aliphatic carbocycles. The van der Waals surface area contributed by atoms with Crippen LogP contribution in [-0.4, -0.2) is 19.6 Å². The zero-order chi connectivity index (χ0) is 11.3. The normalized spacial score (nSPS) is 10.3. The molecule has 0 atom stereocenters. The largest absolute Gasteiger partial charge is 0.399 e. The minimum Gasteiger partial charge on any atom is -0.399 e. The molecule has 0 saturated heterocycles. The van der Waals surface area contributed by atoms with Crippen molar-refractivity contribution in [3.8, 4) is 0 Å². The summed E-state index contributed by atoms with van der Waals surface area (Å²) in [6, 6.07) is 6.19. The van der Waals surface area contributed by atoms with Crippen LogP contribution in [0.1, 0.15) is 19.4 Å². The molecule has 0 amide bonds. The predicted octanol–water partition coefficient (Wildman–Crippen LogP) is 1.62. The van der Waals surface area contributed by atoms with Gasteiger partial charge in [0.15, 0.2) is 0 Å². The zero-order valence-corrected chi connectivity index (χ0v) is 9.66. The highest BCUT2D eigenvalue weighted by Crippen LogP contribution is 2.21. The van der Waals surface area contributed by atoms with E-state index >= 15 is 0 Å². The number of nitrogens with zero attached hydrogens (tertiary/aromatic N) is 1. The van der Waals surface area contributed by atoms with Crippen molar-refractivity contribution in [3.63, 3.8) is 0 Å². The van der Waals surface area contributed by atoms with Crippen LogP contribution in [0.15, 0.2) is 18.2 Å². The van der Waals surface area contributed by atoms with E-state index < -0.39 is 0 Å². The maximum atomic E-state index is 5.88. The quantitative estimate of drug-likeness (QED) is 0.721. The summed E-state index contributed by atoms with van der Waals surface area (Å²) < 4.78 is 0. The van der Waals surface area contributed by atoms with E-state index in [1.807, 2.05) is 6.07 Å². The predicted molar refractivity (Wildman–Crippen MR) is 67.2 cm³/mol. The molecule has 1 aromatic rings. The molecule has 3 heteroatoms. The second kappa shape index (κ2) is 5.61. The van der Waals surface area contributed by atoms with Crippen molar-refractivity contribution in [1.82, 2.24) is 0 Å². The SMILES string of the molecule is CCN(CC)c1ccc(N)c(CCN)c1. The Bertz CT molecular complexity index is 306. The monoisotopic (exact) mass is 207 g/mol. The highest BCUT2D eigenvalue weighted by Gasteiger charge is 2.04. The van der Waals surface area contributed by atoms with Gasteiger partial charge in [-0.25, -0.2) is 0 Å². The number of anilines is 2. The molecular formula is C12H21N3. The maximum Gasteiger partial charge on any atom is 0.0370 e. The van der Waals surface area contributed by atoms with Crippen molar-refractivity contribution >= 4 is 11.4 Å². The fraction of sp³-hybridized carbons (Fsp3) is 0.500. The van der Waals surface area contributed by atoms with Crippen molar-refractivity contribution in [2.24, 2.45) is 5.73 Å². The van der Waals surface area contributed by atoms with Crippen LogP contribution in [0, 0.1) is 0 Å². The molecule has 0 aliphatic heterocycles. The molecule has 1 aromatic carbocycles. The molecule has 0 fully saturated rings. The smallest absolute Gasteiger partial charge is 0.0370 e. The first-order chi connectivity index (χ1) is 7.22. The molecule has 0 bridgehead atoms. The molecule has 4 N–H and O–H groups in total. The Labute approximate surface area is 92.1 Å². The molecule has 0 aliphatic rings. The number of benzene rings is 1. The number of hydrogen-bond acceptors (Lipinski definition) is 3. The highest BCUT2D eigenvalue weighted by molar-refractivity contribution is 5.58. The van der Waals surface area contributed by atoms with Crippen LogP contribution >= 0.6 is 0 Å². The van der Waals surface area contributed by atoms with Gasteiger partial charge in [0.05, 0.1) is 0 Å². The van der Waals surface area contributed by atoms with Crippen LogP contribution in [0.5, 0.6) is 0 Å². The third kappa shape index (κ3) is 2.86. The van der Waals surface area contributed by atoms with E-state index in [2.05, 4.69) is 30.9 Å². The van der Waals surface area contributed by atoms with Crippen molar-refractivity contribution in [3.05, 3.63) is 23.8 Å². The summed E-state index contributed by atoms with van der Waals surface area (Å²) in [6.45, 7) is 6.99. The Hall–Kier alpha value is -1.22. The summed E-state index contributed by atoms with van der Waals surface area (Å²) in [6.07, 6.45) is 0.848. The van der Waals surface area contributed by atoms with Gasteiger partial charge >= 0.3 is 0 Å². The van der Waals surface area contributed by atoms with E-state index in [1.54, 1.807) is 0 Å². The Balaban J connectivity index is 2.95. The first kappa shape index (κ1) is 11.9. The lowest BCUT2D eigenvalue weighted by Gasteiger charge is -2.22. The Morgan fingerprint density at radius 1 is 1.20 bits per heavy atom. The average molecular weight is 207 g/mol. The number of nitrogens with two attached hydrogens (primary N) is 2. The molecule has 0 spiro atoms. The van der Waals surface area contributed by atoms with E-state index in [0.717, 1.165) is 30.8 Å². The van der Waals surface area contributed by atoms with Crippen molar-refractivity contribution in [2.45, 2.75) is 20.3 Å². The van der Waals surface area contributed by atoms with E-state index in [-0.39, 0.29) is 0 Å². The van der Waals surface area contributed by atoms with Gasteiger partial charge in [0.25, 0.3) is 0 Å². The van der Waals surface area contributed by atoms with Crippen LogP contribution in [0.4, 0.5) is 11.4 Å². The first-order valence-electron chi connectivity index (χ1n) is 5.56. The molecule has 1 rings (SSSR count). The van der Waals surface area contributed by atoms with Gasteiger partial charge in [-0.15, -0.1) is 0 Å². The highest BCUT2D eigenvalue weighted by atomic mass is 15.1. The molecule has 0 unspecified atom stereocenters. The van der Waals surface area contributed by atoms with E-state index in [4.69, 9.17) is 11.5 Å². The molecule has 0 saturated carbocycles. The standard InChI is InChI=1S/C12H21N3/c1-3-15(4-2)11-5-6-12(14)10(9-11)7-8-13/h5-6,9H,3-4,7-8,13-14H2,1-2H3. The van der Waals surface area contributed by atoms with Crippen LogP contribution in [0.25, 0.3) is 0 Å². The van der Waals surface area contributed by atoms with Gasteiger partial charge in [0, 0.05) is 24.5 Å². The fourth-order valence-corrected chi connectivity index (χ4v) is 1.75.